The summed E-state index contributed by atoms with van der Waals surface area (Å²) in [6.45, 7) is 6.49. The minimum Gasteiger partial charge on any atom is -0.496 e. The molecule has 0 saturated carbocycles. The second kappa shape index (κ2) is 11.6. The van der Waals surface area contributed by atoms with Gasteiger partial charge < -0.3 is 20.1 Å². The number of rotatable bonds is 8. The van der Waals surface area contributed by atoms with E-state index in [1.165, 1.54) is 19.4 Å². The van der Waals surface area contributed by atoms with E-state index in [2.05, 4.69) is 15.3 Å². The number of carboxylic acid groups (broad SMARTS) is 1. The summed E-state index contributed by atoms with van der Waals surface area (Å²) < 4.78 is 21.0. The van der Waals surface area contributed by atoms with Crippen LogP contribution in [0.3, 0.4) is 0 Å². The van der Waals surface area contributed by atoms with Crippen molar-refractivity contribution in [2.75, 3.05) is 25.5 Å². The number of aromatic amines is 1. The van der Waals surface area contributed by atoms with Gasteiger partial charge in [-0.05, 0) is 72.4 Å². The summed E-state index contributed by atoms with van der Waals surface area (Å²) in [7, 11) is 1.49. The topological polar surface area (TPSA) is 125 Å². The largest absolute Gasteiger partial charge is 0.496 e. The molecule has 1 aliphatic rings. The number of carbonyl (C=O) groups is 2. The molecule has 1 amide bonds. The minimum atomic E-state index is -0.841. The van der Waals surface area contributed by atoms with Gasteiger partial charge in [0.1, 0.15) is 23.0 Å². The van der Waals surface area contributed by atoms with E-state index >= 15 is 4.39 Å². The number of aryl methyl sites for hydroxylation is 1. The van der Waals surface area contributed by atoms with E-state index in [4.69, 9.17) is 9.84 Å². The summed E-state index contributed by atoms with van der Waals surface area (Å²) in [5, 5.41) is 12.0. The number of amides is 1. The first kappa shape index (κ1) is 28.7. The third kappa shape index (κ3) is 5.53. The van der Waals surface area contributed by atoms with Crippen molar-refractivity contribution in [2.24, 2.45) is 5.92 Å². The van der Waals surface area contributed by atoms with E-state index in [1.807, 2.05) is 49.1 Å². The summed E-state index contributed by atoms with van der Waals surface area (Å²) >= 11 is 0. The number of nitrogens with zero attached hydrogens (tertiary/aromatic N) is 2. The van der Waals surface area contributed by atoms with Crippen molar-refractivity contribution in [1.29, 1.82) is 0 Å². The third-order valence-corrected chi connectivity index (χ3v) is 7.75. The third-order valence-electron chi connectivity index (χ3n) is 7.75. The molecule has 9 nitrogen and oxygen atoms in total. The number of H-pyrrole nitrogens is 1. The molecule has 0 spiro atoms. The number of methoxy groups -OCH3 is 1. The van der Waals surface area contributed by atoms with Crippen LogP contribution in [0, 0.1) is 32.5 Å². The number of anilines is 1. The van der Waals surface area contributed by atoms with Crippen LogP contribution in [-0.2, 0) is 11.3 Å². The number of benzene rings is 3. The van der Waals surface area contributed by atoms with Crippen LogP contribution in [0.1, 0.15) is 32.9 Å². The molecular formula is C32H31FN4O5. The maximum atomic E-state index is 15.5. The van der Waals surface area contributed by atoms with E-state index in [0.717, 1.165) is 27.8 Å². The molecule has 0 aliphatic carbocycles. The zero-order chi connectivity index (χ0) is 30.1. The average molecular weight is 571 g/mol. The lowest BCUT2D eigenvalue weighted by molar-refractivity contribution is -0.147. The number of halogens is 1. The number of ether oxygens (including phenoxy) is 1. The van der Waals surface area contributed by atoms with Crippen LogP contribution in [0.15, 0.2) is 59.5 Å². The van der Waals surface area contributed by atoms with E-state index < -0.39 is 29.2 Å². The lowest BCUT2D eigenvalue weighted by atomic mass is 9.90. The van der Waals surface area contributed by atoms with Gasteiger partial charge in [0.05, 0.1) is 13.0 Å². The van der Waals surface area contributed by atoms with Crippen LogP contribution in [-0.4, -0.2) is 52.1 Å². The Balaban J connectivity index is 1.45. The molecule has 1 saturated heterocycles. The summed E-state index contributed by atoms with van der Waals surface area (Å²) in [6, 6.07) is 14.6. The summed E-state index contributed by atoms with van der Waals surface area (Å²) in [4.78, 5) is 44.7. The first-order valence-corrected chi connectivity index (χ1v) is 13.5. The molecule has 10 heteroatoms. The molecule has 0 radical (unpaired) electrons. The molecule has 0 unspecified atom stereocenters. The summed E-state index contributed by atoms with van der Waals surface area (Å²) in [6.07, 6.45) is 1.26. The summed E-state index contributed by atoms with van der Waals surface area (Å²) in [5.74, 6) is -1.44. The second-order valence-electron chi connectivity index (χ2n) is 10.5. The van der Waals surface area contributed by atoms with Crippen molar-refractivity contribution in [3.8, 4) is 28.0 Å². The summed E-state index contributed by atoms with van der Waals surface area (Å²) in [5.41, 5.74) is 5.29. The Hall–Kier alpha value is -4.83. The van der Waals surface area contributed by atoms with E-state index in [1.54, 1.807) is 19.1 Å². The Kier molecular flexibility index (Phi) is 7.91. The minimum absolute atomic E-state index is 0.0844. The van der Waals surface area contributed by atoms with Gasteiger partial charge in [0.25, 0.3) is 11.5 Å². The molecule has 3 aromatic carbocycles. The Morgan fingerprint density at radius 3 is 2.40 bits per heavy atom. The fraction of sp³-hybridized carbons (Fsp3) is 0.250. The second-order valence-corrected chi connectivity index (χ2v) is 10.5. The van der Waals surface area contributed by atoms with E-state index in [0.29, 0.717) is 41.5 Å². The van der Waals surface area contributed by atoms with E-state index in [-0.39, 0.29) is 12.1 Å². The number of carbonyl (C=O) groups excluding carboxylic acids is 1. The highest BCUT2D eigenvalue weighted by Gasteiger charge is 2.33. The number of aromatic nitrogens is 2. The van der Waals surface area contributed by atoms with Gasteiger partial charge in [-0.1, -0.05) is 30.3 Å². The first-order chi connectivity index (χ1) is 20.1. The molecular weight excluding hydrogens is 539 g/mol. The normalized spacial score (nSPS) is 13.5. The highest BCUT2D eigenvalue weighted by molar-refractivity contribution is 6.04. The lowest BCUT2D eigenvalue weighted by Gasteiger charge is -2.36. The van der Waals surface area contributed by atoms with Gasteiger partial charge >= 0.3 is 5.97 Å². The van der Waals surface area contributed by atoms with Crippen molar-refractivity contribution >= 4 is 17.6 Å². The van der Waals surface area contributed by atoms with Crippen molar-refractivity contribution < 1.29 is 23.8 Å². The van der Waals surface area contributed by atoms with E-state index in [9.17, 15) is 14.4 Å². The number of likely N-dealkylation sites (tertiary alicyclic amines) is 1. The smallest absolute Gasteiger partial charge is 0.309 e. The van der Waals surface area contributed by atoms with Crippen molar-refractivity contribution in [2.45, 2.75) is 27.3 Å². The predicted octanol–water partition coefficient (Wildman–Crippen LogP) is 4.95. The molecule has 1 fully saturated rings. The van der Waals surface area contributed by atoms with Crippen LogP contribution in [0.25, 0.3) is 22.3 Å². The molecule has 2 heterocycles. The Morgan fingerprint density at radius 2 is 1.74 bits per heavy atom. The van der Waals surface area contributed by atoms with Crippen LogP contribution in [0.5, 0.6) is 5.75 Å². The number of aliphatic carboxylic acids is 1. The van der Waals surface area contributed by atoms with Gasteiger partial charge in [-0.2, -0.15) is 0 Å². The standard InChI is InChI=1S/C32H31FN4O5/c1-17-22(20-11-27(33)26(29(12-20)42-4)16-37-14-21(15-37)32(40)41)7-5-8-23(17)24-9-6-10-28(18(24)2)36-31(39)25-13-34-19(3)35-30(25)38/h5-13,21H,14-16H2,1-4H3,(H,36,39)(H,40,41)(H,34,35,38). The zero-order valence-corrected chi connectivity index (χ0v) is 23.7. The Labute approximate surface area is 242 Å². The fourth-order valence-electron chi connectivity index (χ4n) is 5.32. The number of hydrogen-bond acceptors (Lipinski definition) is 6. The van der Waals surface area contributed by atoms with Crippen molar-refractivity contribution in [3.05, 3.63) is 99.0 Å². The fourth-order valence-corrected chi connectivity index (χ4v) is 5.32. The van der Waals surface area contributed by atoms with Gasteiger partial charge in [0.2, 0.25) is 0 Å². The number of hydrogen-bond donors (Lipinski definition) is 3. The number of carboxylic acids is 1. The van der Waals surface area contributed by atoms with Gasteiger partial charge in [-0.3, -0.25) is 19.3 Å². The predicted molar refractivity (Wildman–Crippen MR) is 157 cm³/mol. The Morgan fingerprint density at radius 1 is 1.07 bits per heavy atom. The highest BCUT2D eigenvalue weighted by atomic mass is 19.1. The van der Waals surface area contributed by atoms with Gasteiger partial charge in [-0.25, -0.2) is 9.37 Å². The molecule has 1 aromatic heterocycles. The Bertz CT molecular complexity index is 1760. The monoisotopic (exact) mass is 570 g/mol. The SMILES string of the molecule is COc1cc(-c2cccc(-c3cccc(NC(=O)c4cnc(C)[nH]c4=O)c3C)c2C)cc(F)c1CN1CC(C(=O)O)C1. The van der Waals surface area contributed by atoms with Crippen LogP contribution in [0.4, 0.5) is 10.1 Å². The molecule has 4 aromatic rings. The lowest BCUT2D eigenvalue weighted by Crippen LogP contribution is -2.49. The zero-order valence-electron chi connectivity index (χ0n) is 23.7. The van der Waals surface area contributed by atoms with Crippen LogP contribution >= 0.6 is 0 Å². The van der Waals surface area contributed by atoms with Gasteiger partial charge in [0, 0.05) is 37.1 Å². The number of nitrogens with one attached hydrogen (secondary N) is 2. The highest BCUT2D eigenvalue weighted by Crippen LogP contribution is 2.38. The molecule has 3 N–H and O–H groups in total. The molecule has 5 rings (SSSR count). The molecule has 0 atom stereocenters. The maximum absolute atomic E-state index is 15.5. The maximum Gasteiger partial charge on any atom is 0.309 e. The van der Waals surface area contributed by atoms with Crippen LogP contribution in [0.2, 0.25) is 0 Å². The molecule has 216 valence electrons. The molecule has 42 heavy (non-hydrogen) atoms. The first-order valence-electron chi connectivity index (χ1n) is 13.5. The van der Waals surface area contributed by atoms with Gasteiger partial charge in [-0.15, -0.1) is 0 Å². The molecule has 0 bridgehead atoms. The molecule has 1 aliphatic heterocycles. The van der Waals surface area contributed by atoms with Gasteiger partial charge in [0.15, 0.2) is 0 Å². The quantitative estimate of drug-likeness (QED) is 0.274. The van der Waals surface area contributed by atoms with Crippen LogP contribution < -0.4 is 15.6 Å². The average Bonchev–Trinajstić information content (AvgIpc) is 2.92. The van der Waals surface area contributed by atoms with Crippen molar-refractivity contribution in [3.63, 3.8) is 0 Å². The van der Waals surface area contributed by atoms with Crippen molar-refractivity contribution in [1.82, 2.24) is 14.9 Å².